The Hall–Kier alpha value is -2.39. The number of nitrogens with zero attached hydrogens (tertiary/aromatic N) is 5. The molecule has 124 valence electrons. The van der Waals surface area contributed by atoms with Gasteiger partial charge in [-0.3, -0.25) is 14.6 Å². The monoisotopic (exact) mass is 328 g/mol. The summed E-state index contributed by atoms with van der Waals surface area (Å²) in [5, 5.41) is 9.95. The van der Waals surface area contributed by atoms with Gasteiger partial charge in [-0.15, -0.1) is 0 Å². The first-order valence-corrected chi connectivity index (χ1v) is 7.20. The van der Waals surface area contributed by atoms with Crippen LogP contribution in [0.4, 0.5) is 13.2 Å². The summed E-state index contributed by atoms with van der Waals surface area (Å²) in [5.74, 6) is 0.303. The van der Waals surface area contributed by atoms with E-state index in [1.165, 1.54) is 6.33 Å². The number of carbonyl (C=O) groups is 1. The van der Waals surface area contributed by atoms with Crippen LogP contribution in [0.5, 0.6) is 0 Å². The number of aromatic nitrogens is 5. The van der Waals surface area contributed by atoms with Crippen molar-refractivity contribution in [1.29, 1.82) is 0 Å². The van der Waals surface area contributed by atoms with Crippen molar-refractivity contribution in [2.45, 2.75) is 38.0 Å². The van der Waals surface area contributed by atoms with Gasteiger partial charge in [0.1, 0.15) is 18.7 Å². The minimum absolute atomic E-state index is 0.226. The number of hydrogen-bond acceptors (Lipinski definition) is 4. The molecule has 0 saturated carbocycles. The van der Waals surface area contributed by atoms with Gasteiger partial charge in [-0.05, 0) is 25.3 Å². The van der Waals surface area contributed by atoms with Crippen molar-refractivity contribution < 1.29 is 18.0 Å². The third kappa shape index (κ3) is 3.35. The molecule has 2 aromatic heterocycles. The molecule has 1 unspecified atom stereocenters. The highest BCUT2D eigenvalue weighted by atomic mass is 19.4. The number of piperidine rings is 1. The van der Waals surface area contributed by atoms with Crippen LogP contribution in [0, 0.1) is 0 Å². The predicted octanol–water partition coefficient (Wildman–Crippen LogP) is 1.77. The van der Waals surface area contributed by atoms with Gasteiger partial charge in [0.05, 0.1) is 6.04 Å². The fourth-order valence-corrected chi connectivity index (χ4v) is 2.72. The molecule has 1 aliphatic rings. The molecule has 0 aromatic carbocycles. The average molecular weight is 328 g/mol. The summed E-state index contributed by atoms with van der Waals surface area (Å²) in [6.45, 7) is 0.304. The van der Waals surface area contributed by atoms with E-state index < -0.39 is 11.9 Å². The van der Waals surface area contributed by atoms with Crippen LogP contribution in [0.1, 0.15) is 36.8 Å². The lowest BCUT2D eigenvalue weighted by Gasteiger charge is -2.34. The molecule has 0 bridgehead atoms. The molecule has 10 heteroatoms. The summed E-state index contributed by atoms with van der Waals surface area (Å²) in [6, 6.07) is 0.633. The van der Waals surface area contributed by atoms with E-state index in [4.69, 9.17) is 0 Å². The Kier molecular flexibility index (Phi) is 4.05. The Morgan fingerprint density at radius 2 is 2.22 bits per heavy atom. The van der Waals surface area contributed by atoms with E-state index in [0.717, 1.165) is 36.2 Å². The van der Waals surface area contributed by atoms with Gasteiger partial charge in [-0.1, -0.05) is 0 Å². The van der Waals surface area contributed by atoms with Gasteiger partial charge in [0.2, 0.25) is 5.91 Å². The summed E-state index contributed by atoms with van der Waals surface area (Å²) < 4.78 is 38.7. The second-order valence-electron chi connectivity index (χ2n) is 5.37. The van der Waals surface area contributed by atoms with E-state index in [1.54, 1.807) is 4.90 Å². The quantitative estimate of drug-likeness (QED) is 0.931. The van der Waals surface area contributed by atoms with Gasteiger partial charge < -0.3 is 4.90 Å². The Labute approximate surface area is 129 Å². The van der Waals surface area contributed by atoms with Gasteiger partial charge in [-0.2, -0.15) is 23.4 Å². The molecule has 0 radical (unpaired) electrons. The molecular formula is C13H15F3N6O. The molecule has 0 aliphatic carbocycles. The van der Waals surface area contributed by atoms with Crippen molar-refractivity contribution in [2.24, 2.45) is 0 Å². The first-order valence-electron chi connectivity index (χ1n) is 7.20. The Balaban J connectivity index is 1.72. The Morgan fingerprint density at radius 3 is 2.87 bits per heavy atom. The van der Waals surface area contributed by atoms with Crippen molar-refractivity contribution in [3.8, 4) is 0 Å². The van der Waals surface area contributed by atoms with Crippen LogP contribution in [0.2, 0.25) is 0 Å². The second kappa shape index (κ2) is 6.01. The van der Waals surface area contributed by atoms with Crippen LogP contribution >= 0.6 is 0 Å². The van der Waals surface area contributed by atoms with E-state index in [-0.39, 0.29) is 18.5 Å². The zero-order valence-electron chi connectivity index (χ0n) is 12.1. The number of hydrogen-bond donors (Lipinski definition) is 1. The minimum Gasteiger partial charge on any atom is -0.331 e. The topological polar surface area (TPSA) is 79.7 Å². The standard InChI is InChI=1S/C13H15F3N6O/c14-13(15,16)10-4-6-21(20-10)7-11(23)22-5-2-1-3-9(22)12-17-8-18-19-12/h4,6,8-9H,1-3,5,7H2,(H,17,18,19). The van der Waals surface area contributed by atoms with Gasteiger partial charge in [0, 0.05) is 12.7 Å². The van der Waals surface area contributed by atoms with Gasteiger partial charge in [0.25, 0.3) is 0 Å². The number of aromatic amines is 1. The number of alkyl halides is 3. The summed E-state index contributed by atoms with van der Waals surface area (Å²) >= 11 is 0. The second-order valence-corrected chi connectivity index (χ2v) is 5.37. The number of halogens is 3. The van der Waals surface area contributed by atoms with Crippen LogP contribution in [-0.4, -0.2) is 42.3 Å². The normalized spacial score (nSPS) is 19.1. The Bertz CT molecular complexity index is 666. The van der Waals surface area contributed by atoms with Gasteiger partial charge in [0.15, 0.2) is 5.69 Å². The van der Waals surface area contributed by atoms with Crippen molar-refractivity contribution >= 4 is 5.91 Å². The van der Waals surface area contributed by atoms with Crippen LogP contribution < -0.4 is 0 Å². The molecular weight excluding hydrogens is 313 g/mol. The molecule has 7 nitrogen and oxygen atoms in total. The first kappa shape index (κ1) is 15.5. The summed E-state index contributed by atoms with van der Waals surface area (Å²) in [7, 11) is 0. The van der Waals surface area contributed by atoms with Gasteiger partial charge in [-0.25, -0.2) is 4.98 Å². The molecule has 23 heavy (non-hydrogen) atoms. The van der Waals surface area contributed by atoms with E-state index in [0.29, 0.717) is 12.4 Å². The number of H-pyrrole nitrogens is 1. The van der Waals surface area contributed by atoms with Gasteiger partial charge >= 0.3 is 6.18 Å². The van der Waals surface area contributed by atoms with E-state index in [2.05, 4.69) is 20.3 Å². The molecule has 0 spiro atoms. The molecule has 1 fully saturated rings. The number of amides is 1. The maximum atomic E-state index is 12.6. The van der Waals surface area contributed by atoms with Crippen LogP contribution in [-0.2, 0) is 17.5 Å². The fraction of sp³-hybridized carbons (Fsp3) is 0.538. The molecule has 1 N–H and O–H groups in total. The van der Waals surface area contributed by atoms with Crippen LogP contribution in [0.15, 0.2) is 18.6 Å². The summed E-state index contributed by atoms with van der Waals surface area (Å²) in [5.41, 5.74) is -1.00. The molecule has 1 aliphatic heterocycles. The third-order valence-corrected chi connectivity index (χ3v) is 3.80. The highest BCUT2D eigenvalue weighted by Gasteiger charge is 2.34. The van der Waals surface area contributed by atoms with Crippen molar-refractivity contribution in [1.82, 2.24) is 29.9 Å². The number of nitrogens with one attached hydrogen (secondary N) is 1. The maximum absolute atomic E-state index is 12.6. The highest BCUT2D eigenvalue weighted by molar-refractivity contribution is 5.76. The van der Waals surface area contributed by atoms with E-state index in [9.17, 15) is 18.0 Å². The van der Waals surface area contributed by atoms with Crippen LogP contribution in [0.25, 0.3) is 0 Å². The van der Waals surface area contributed by atoms with Crippen molar-refractivity contribution in [3.63, 3.8) is 0 Å². The third-order valence-electron chi connectivity index (χ3n) is 3.80. The number of carbonyl (C=O) groups excluding carboxylic acids is 1. The van der Waals surface area contributed by atoms with E-state index >= 15 is 0 Å². The molecule has 3 heterocycles. The summed E-state index contributed by atoms with van der Waals surface area (Å²) in [6.07, 6.45) is 0.567. The Morgan fingerprint density at radius 1 is 1.39 bits per heavy atom. The zero-order valence-corrected chi connectivity index (χ0v) is 12.1. The highest BCUT2D eigenvalue weighted by Crippen LogP contribution is 2.29. The minimum atomic E-state index is -4.51. The summed E-state index contributed by atoms with van der Waals surface area (Å²) in [4.78, 5) is 18.2. The molecule has 3 rings (SSSR count). The fourth-order valence-electron chi connectivity index (χ4n) is 2.72. The molecule has 1 amide bonds. The predicted molar refractivity (Wildman–Crippen MR) is 71.9 cm³/mol. The molecule has 1 saturated heterocycles. The average Bonchev–Trinajstić information content (AvgIpc) is 3.18. The molecule has 2 aromatic rings. The smallest absolute Gasteiger partial charge is 0.331 e. The first-order chi connectivity index (χ1) is 10.9. The largest absolute Gasteiger partial charge is 0.435 e. The zero-order chi connectivity index (χ0) is 16.4. The van der Waals surface area contributed by atoms with E-state index in [1.807, 2.05) is 0 Å². The van der Waals surface area contributed by atoms with Crippen molar-refractivity contribution in [2.75, 3.05) is 6.54 Å². The molecule has 1 atom stereocenters. The lowest BCUT2D eigenvalue weighted by molar-refractivity contribution is -0.142. The lowest BCUT2D eigenvalue weighted by atomic mass is 10.0. The maximum Gasteiger partial charge on any atom is 0.435 e. The lowest BCUT2D eigenvalue weighted by Crippen LogP contribution is -2.40. The van der Waals surface area contributed by atoms with Crippen LogP contribution in [0.3, 0.4) is 0 Å². The number of likely N-dealkylation sites (tertiary alicyclic amines) is 1. The SMILES string of the molecule is O=C(Cn1ccc(C(F)(F)F)n1)N1CCCCC1c1ncn[nH]1. The number of rotatable bonds is 3. The van der Waals surface area contributed by atoms with Crippen molar-refractivity contribution in [3.05, 3.63) is 30.1 Å².